The second kappa shape index (κ2) is 7.31. The molecule has 0 saturated carbocycles. The Morgan fingerprint density at radius 1 is 1.08 bits per heavy atom. The van der Waals surface area contributed by atoms with E-state index in [0.29, 0.717) is 10.6 Å². The molecule has 5 nitrogen and oxygen atoms in total. The second-order valence-electron chi connectivity index (χ2n) is 5.48. The van der Waals surface area contributed by atoms with Gasteiger partial charge in [-0.2, -0.15) is 0 Å². The Bertz CT molecular complexity index is 992. The van der Waals surface area contributed by atoms with Crippen molar-refractivity contribution in [3.05, 3.63) is 77.2 Å². The number of pyridine rings is 2. The number of halogens is 1. The number of aromatic nitrogens is 2. The lowest BCUT2D eigenvalue weighted by atomic mass is 10.1. The molecule has 128 valence electrons. The maximum atomic E-state index is 12.6. The first-order chi connectivity index (χ1) is 12.0. The first-order valence-electron chi connectivity index (χ1n) is 7.57. The van der Waals surface area contributed by atoms with Crippen LogP contribution in [0.2, 0.25) is 5.02 Å². The fourth-order valence-electron chi connectivity index (χ4n) is 2.46. The summed E-state index contributed by atoms with van der Waals surface area (Å²) in [6.07, 6.45) is 5.02. The molecule has 0 unspecified atom stereocenters. The molecule has 0 bridgehead atoms. The van der Waals surface area contributed by atoms with Gasteiger partial charge in [0, 0.05) is 35.7 Å². The highest BCUT2D eigenvalue weighted by molar-refractivity contribution is 7.89. The van der Waals surface area contributed by atoms with Crippen LogP contribution in [0.5, 0.6) is 0 Å². The Balaban J connectivity index is 1.88. The van der Waals surface area contributed by atoms with Gasteiger partial charge in [0.15, 0.2) is 0 Å². The van der Waals surface area contributed by atoms with Crippen molar-refractivity contribution in [1.82, 2.24) is 14.7 Å². The molecule has 2 heterocycles. The van der Waals surface area contributed by atoms with Crippen LogP contribution in [0.3, 0.4) is 0 Å². The van der Waals surface area contributed by atoms with Gasteiger partial charge in [-0.05, 0) is 48.4 Å². The van der Waals surface area contributed by atoms with Gasteiger partial charge in [-0.15, -0.1) is 0 Å². The number of nitrogens with zero attached hydrogens (tertiary/aromatic N) is 2. The van der Waals surface area contributed by atoms with E-state index in [9.17, 15) is 8.42 Å². The molecule has 0 fully saturated rings. The average Bonchev–Trinajstić information content (AvgIpc) is 2.63. The number of rotatable bonds is 5. The molecule has 0 amide bonds. The first kappa shape index (κ1) is 17.5. The van der Waals surface area contributed by atoms with Crippen molar-refractivity contribution in [3.8, 4) is 11.3 Å². The maximum absolute atomic E-state index is 12.6. The number of nitrogens with one attached hydrogen (secondary N) is 1. The van der Waals surface area contributed by atoms with Crippen molar-refractivity contribution in [2.24, 2.45) is 0 Å². The molecule has 0 spiro atoms. The molecule has 3 rings (SSSR count). The molecule has 3 aromatic rings. The van der Waals surface area contributed by atoms with Crippen LogP contribution < -0.4 is 4.72 Å². The van der Waals surface area contributed by atoms with E-state index in [1.807, 2.05) is 18.2 Å². The van der Waals surface area contributed by atoms with E-state index in [0.717, 1.165) is 16.8 Å². The van der Waals surface area contributed by atoms with Gasteiger partial charge in [-0.1, -0.05) is 23.7 Å². The summed E-state index contributed by atoms with van der Waals surface area (Å²) >= 11 is 5.94. The summed E-state index contributed by atoms with van der Waals surface area (Å²) in [4.78, 5) is 8.54. The Labute approximate surface area is 151 Å². The highest BCUT2D eigenvalue weighted by Gasteiger charge is 2.18. The zero-order valence-corrected chi connectivity index (χ0v) is 15.1. The van der Waals surface area contributed by atoms with Crippen molar-refractivity contribution in [2.75, 3.05) is 0 Å². The number of benzene rings is 1. The summed E-state index contributed by atoms with van der Waals surface area (Å²) in [6, 6.07) is 12.1. The maximum Gasteiger partial charge on any atom is 0.241 e. The minimum absolute atomic E-state index is 0.125. The molecule has 2 aromatic heterocycles. The molecule has 7 heteroatoms. The summed E-state index contributed by atoms with van der Waals surface area (Å²) < 4.78 is 27.9. The first-order valence-corrected chi connectivity index (χ1v) is 9.43. The number of sulfonamides is 1. The zero-order chi connectivity index (χ0) is 17.9. The summed E-state index contributed by atoms with van der Waals surface area (Å²) in [6.45, 7) is 1.86. The van der Waals surface area contributed by atoms with Crippen LogP contribution in [-0.4, -0.2) is 18.4 Å². The van der Waals surface area contributed by atoms with Gasteiger partial charge in [0.25, 0.3) is 0 Å². The van der Waals surface area contributed by atoms with Gasteiger partial charge in [0.2, 0.25) is 10.0 Å². The number of hydrogen-bond donors (Lipinski definition) is 1. The van der Waals surface area contributed by atoms with Gasteiger partial charge >= 0.3 is 0 Å². The lowest BCUT2D eigenvalue weighted by Gasteiger charge is -2.12. The van der Waals surface area contributed by atoms with E-state index < -0.39 is 10.0 Å². The van der Waals surface area contributed by atoms with E-state index in [4.69, 9.17) is 11.6 Å². The van der Waals surface area contributed by atoms with E-state index in [1.165, 1.54) is 6.07 Å². The molecule has 0 aliphatic heterocycles. The predicted octanol–water partition coefficient (Wildman–Crippen LogP) is 3.58. The Morgan fingerprint density at radius 3 is 2.60 bits per heavy atom. The summed E-state index contributed by atoms with van der Waals surface area (Å²) in [5, 5.41) is 0.379. The van der Waals surface area contributed by atoms with E-state index in [-0.39, 0.29) is 11.4 Å². The summed E-state index contributed by atoms with van der Waals surface area (Å²) in [5.41, 5.74) is 3.01. The van der Waals surface area contributed by atoms with Crippen LogP contribution in [0.1, 0.15) is 11.1 Å². The van der Waals surface area contributed by atoms with Gasteiger partial charge in [0.05, 0.1) is 10.6 Å². The highest BCUT2D eigenvalue weighted by Crippen LogP contribution is 2.23. The molecule has 0 atom stereocenters. The third kappa shape index (κ3) is 4.04. The minimum Gasteiger partial charge on any atom is -0.265 e. The SMILES string of the molecule is Cc1ccc(Cl)cc1S(=O)(=O)NCc1cccnc1-c1ccncc1. The topological polar surface area (TPSA) is 72.0 Å². The third-order valence-electron chi connectivity index (χ3n) is 3.74. The fourth-order valence-corrected chi connectivity index (χ4v) is 3.98. The largest absolute Gasteiger partial charge is 0.265 e. The average molecular weight is 374 g/mol. The molecule has 0 aliphatic rings. The van der Waals surface area contributed by atoms with Crippen LogP contribution in [0.25, 0.3) is 11.3 Å². The highest BCUT2D eigenvalue weighted by atomic mass is 35.5. The van der Waals surface area contributed by atoms with E-state index in [2.05, 4.69) is 14.7 Å². The fraction of sp³-hybridized carbons (Fsp3) is 0.111. The Kier molecular flexibility index (Phi) is 5.13. The lowest BCUT2D eigenvalue weighted by Crippen LogP contribution is -2.24. The number of aryl methyl sites for hydroxylation is 1. The van der Waals surface area contributed by atoms with Crippen molar-refractivity contribution < 1.29 is 8.42 Å². The molecular formula is C18H16ClN3O2S. The Morgan fingerprint density at radius 2 is 1.84 bits per heavy atom. The monoisotopic (exact) mass is 373 g/mol. The van der Waals surface area contributed by atoms with Crippen LogP contribution in [0, 0.1) is 6.92 Å². The molecule has 1 N–H and O–H groups in total. The van der Waals surface area contributed by atoms with E-state index in [1.54, 1.807) is 43.7 Å². The standard InChI is InChI=1S/C18H16ClN3O2S/c1-13-4-5-16(19)11-17(13)25(23,24)22-12-15-3-2-8-21-18(15)14-6-9-20-10-7-14/h2-11,22H,12H2,1H3. The van der Waals surface area contributed by atoms with Crippen molar-refractivity contribution in [3.63, 3.8) is 0 Å². The van der Waals surface area contributed by atoms with Crippen LogP contribution >= 0.6 is 11.6 Å². The quantitative estimate of drug-likeness (QED) is 0.741. The van der Waals surface area contributed by atoms with Crippen molar-refractivity contribution in [1.29, 1.82) is 0 Å². The van der Waals surface area contributed by atoms with Gasteiger partial charge < -0.3 is 0 Å². The molecule has 0 saturated heterocycles. The third-order valence-corrected chi connectivity index (χ3v) is 5.52. The summed E-state index contributed by atoms with van der Waals surface area (Å²) in [5.74, 6) is 0. The van der Waals surface area contributed by atoms with Gasteiger partial charge in [-0.25, -0.2) is 13.1 Å². The van der Waals surface area contributed by atoms with E-state index >= 15 is 0 Å². The summed E-state index contributed by atoms with van der Waals surface area (Å²) in [7, 11) is -3.69. The Hall–Kier alpha value is -2.28. The lowest BCUT2D eigenvalue weighted by molar-refractivity contribution is 0.580. The van der Waals surface area contributed by atoms with Crippen molar-refractivity contribution >= 4 is 21.6 Å². The zero-order valence-electron chi connectivity index (χ0n) is 13.5. The van der Waals surface area contributed by atoms with Crippen LogP contribution in [0.4, 0.5) is 0 Å². The van der Waals surface area contributed by atoms with Crippen LogP contribution in [0.15, 0.2) is 66.0 Å². The second-order valence-corrected chi connectivity index (χ2v) is 7.65. The normalized spacial score (nSPS) is 11.4. The number of hydrogen-bond acceptors (Lipinski definition) is 4. The molecule has 25 heavy (non-hydrogen) atoms. The van der Waals surface area contributed by atoms with Crippen molar-refractivity contribution in [2.45, 2.75) is 18.4 Å². The predicted molar refractivity (Wildman–Crippen MR) is 97.7 cm³/mol. The smallest absolute Gasteiger partial charge is 0.241 e. The molecule has 0 radical (unpaired) electrons. The van der Waals surface area contributed by atoms with Gasteiger partial charge in [-0.3, -0.25) is 9.97 Å². The molecule has 0 aliphatic carbocycles. The molecule has 1 aromatic carbocycles. The van der Waals surface area contributed by atoms with Gasteiger partial charge in [0.1, 0.15) is 0 Å². The molecular weight excluding hydrogens is 358 g/mol. The van der Waals surface area contributed by atoms with Crippen LogP contribution in [-0.2, 0) is 16.6 Å². The minimum atomic E-state index is -3.69.